The molecule has 1 saturated heterocycles. The Morgan fingerprint density at radius 3 is 1.97 bits per heavy atom. The van der Waals surface area contributed by atoms with Gasteiger partial charge in [-0.1, -0.05) is 91.0 Å². The van der Waals surface area contributed by atoms with Gasteiger partial charge in [0.2, 0.25) is 5.60 Å². The summed E-state index contributed by atoms with van der Waals surface area (Å²) >= 11 is 0. The number of hydrogen-bond acceptors (Lipinski definition) is 5. The van der Waals surface area contributed by atoms with E-state index in [1.807, 2.05) is 60.7 Å². The van der Waals surface area contributed by atoms with Crippen LogP contribution in [-0.4, -0.2) is 48.5 Å². The summed E-state index contributed by atoms with van der Waals surface area (Å²) < 4.78 is 11.8. The molecule has 0 spiro atoms. The van der Waals surface area contributed by atoms with E-state index in [9.17, 15) is 9.59 Å². The molecule has 0 saturated carbocycles. The molecule has 1 atom stereocenters. The molecule has 1 fully saturated rings. The van der Waals surface area contributed by atoms with Crippen LogP contribution >= 0.6 is 0 Å². The first-order chi connectivity index (χ1) is 17.6. The van der Waals surface area contributed by atoms with Gasteiger partial charge in [-0.25, -0.2) is 4.79 Å². The van der Waals surface area contributed by atoms with Crippen molar-refractivity contribution in [3.63, 3.8) is 0 Å². The van der Waals surface area contributed by atoms with Crippen molar-refractivity contribution < 1.29 is 19.1 Å². The van der Waals surface area contributed by atoms with E-state index in [4.69, 9.17) is 9.47 Å². The maximum Gasteiger partial charge on any atom is 0.346 e. The quantitative estimate of drug-likeness (QED) is 0.276. The lowest BCUT2D eigenvalue weighted by molar-refractivity contribution is -0.179. The van der Waals surface area contributed by atoms with E-state index in [1.54, 1.807) is 0 Å². The number of hydrogen-bond donors (Lipinski definition) is 0. The van der Waals surface area contributed by atoms with E-state index in [-0.39, 0.29) is 25.4 Å². The van der Waals surface area contributed by atoms with Crippen LogP contribution in [0.1, 0.15) is 42.4 Å². The number of carbonyl (C=O) groups is 2. The number of ether oxygens (including phenoxy) is 2. The number of piperidine rings is 1. The van der Waals surface area contributed by atoms with E-state index in [1.165, 1.54) is 12.5 Å². The summed E-state index contributed by atoms with van der Waals surface area (Å²) in [6.07, 6.45) is 2.31. The van der Waals surface area contributed by atoms with Crippen LogP contribution in [0.5, 0.6) is 0 Å². The lowest BCUT2D eigenvalue weighted by Gasteiger charge is -2.33. The molecule has 5 heteroatoms. The number of esters is 1. The van der Waals surface area contributed by atoms with Crippen LogP contribution in [0.3, 0.4) is 0 Å². The molecule has 1 aliphatic heterocycles. The molecule has 5 nitrogen and oxygen atoms in total. The summed E-state index contributed by atoms with van der Waals surface area (Å²) in [5.41, 5.74) is 1.45. The summed E-state index contributed by atoms with van der Waals surface area (Å²) in [6, 6.07) is 29.7. The SMILES string of the molecule is CC(=O)C(Cc1ccccc1)(OCc1ccccc1)C(=O)OCCN1CCC(c2ccccc2)CC1. The third-order valence-electron chi connectivity index (χ3n) is 7.02. The molecule has 1 aliphatic rings. The second-order valence-electron chi connectivity index (χ2n) is 9.48. The number of Topliss-reactive ketones (excluding diaryl/α,β-unsaturated/α-hetero) is 1. The zero-order valence-electron chi connectivity index (χ0n) is 21.0. The first kappa shape index (κ1) is 25.8. The first-order valence-electron chi connectivity index (χ1n) is 12.7. The number of carbonyl (C=O) groups excluding carboxylic acids is 2. The van der Waals surface area contributed by atoms with Crippen LogP contribution in [-0.2, 0) is 32.1 Å². The van der Waals surface area contributed by atoms with Crippen LogP contribution < -0.4 is 0 Å². The van der Waals surface area contributed by atoms with Crippen molar-refractivity contribution in [1.29, 1.82) is 0 Å². The molecule has 3 aromatic rings. The van der Waals surface area contributed by atoms with Gasteiger partial charge >= 0.3 is 5.97 Å². The highest BCUT2D eigenvalue weighted by Crippen LogP contribution is 2.28. The summed E-state index contributed by atoms with van der Waals surface area (Å²) in [5, 5.41) is 0. The number of ketones is 1. The van der Waals surface area contributed by atoms with Gasteiger partial charge in [-0.05, 0) is 55.5 Å². The van der Waals surface area contributed by atoms with E-state index in [0.717, 1.165) is 37.1 Å². The van der Waals surface area contributed by atoms with Gasteiger partial charge in [0.1, 0.15) is 6.61 Å². The lowest BCUT2D eigenvalue weighted by atomic mass is 9.89. The molecule has 0 aromatic heterocycles. The van der Waals surface area contributed by atoms with Crippen molar-refractivity contribution in [1.82, 2.24) is 4.90 Å². The molecule has 0 amide bonds. The minimum atomic E-state index is -1.68. The third-order valence-corrected chi connectivity index (χ3v) is 7.02. The third kappa shape index (κ3) is 6.68. The Morgan fingerprint density at radius 2 is 1.39 bits per heavy atom. The molecule has 3 aromatic carbocycles. The van der Waals surface area contributed by atoms with Crippen molar-refractivity contribution in [3.8, 4) is 0 Å². The summed E-state index contributed by atoms with van der Waals surface area (Å²) in [6.45, 7) is 4.35. The Kier molecular flexibility index (Phi) is 9.04. The number of benzene rings is 3. The highest BCUT2D eigenvalue weighted by Gasteiger charge is 2.46. The van der Waals surface area contributed by atoms with E-state index >= 15 is 0 Å². The van der Waals surface area contributed by atoms with Crippen LogP contribution in [0, 0.1) is 0 Å². The fraction of sp³-hybridized carbons (Fsp3) is 0.355. The van der Waals surface area contributed by atoms with Gasteiger partial charge < -0.3 is 9.47 Å². The highest BCUT2D eigenvalue weighted by molar-refractivity contribution is 6.06. The minimum absolute atomic E-state index is 0.136. The van der Waals surface area contributed by atoms with Gasteiger partial charge in [-0.15, -0.1) is 0 Å². The Labute approximate surface area is 214 Å². The first-order valence-corrected chi connectivity index (χ1v) is 12.7. The molecule has 0 bridgehead atoms. The maximum atomic E-state index is 13.4. The van der Waals surface area contributed by atoms with Crippen LogP contribution in [0.25, 0.3) is 0 Å². The largest absolute Gasteiger partial charge is 0.462 e. The topological polar surface area (TPSA) is 55.8 Å². The highest BCUT2D eigenvalue weighted by atomic mass is 16.6. The van der Waals surface area contributed by atoms with Gasteiger partial charge in [0.05, 0.1) is 6.61 Å². The van der Waals surface area contributed by atoms with Crippen molar-refractivity contribution in [3.05, 3.63) is 108 Å². The standard InChI is InChI=1S/C31H35NO4/c1-25(33)31(23-26-11-5-2-6-12-26,36-24-27-13-7-3-8-14-27)30(34)35-22-21-32-19-17-29(18-20-32)28-15-9-4-10-16-28/h2-16,29H,17-24H2,1H3. The minimum Gasteiger partial charge on any atom is -0.462 e. The van der Waals surface area contributed by atoms with Crippen molar-refractivity contribution >= 4 is 11.8 Å². The van der Waals surface area contributed by atoms with Crippen LogP contribution in [0.4, 0.5) is 0 Å². The molecule has 0 radical (unpaired) electrons. The number of nitrogens with zero attached hydrogens (tertiary/aromatic N) is 1. The van der Waals surface area contributed by atoms with Gasteiger partial charge in [-0.3, -0.25) is 9.69 Å². The summed E-state index contributed by atoms with van der Waals surface area (Å²) in [5.74, 6) is -0.391. The summed E-state index contributed by atoms with van der Waals surface area (Å²) in [4.78, 5) is 28.7. The van der Waals surface area contributed by atoms with Gasteiger partial charge in [0.25, 0.3) is 0 Å². The molecular weight excluding hydrogens is 450 g/mol. The predicted octanol–water partition coefficient (Wildman–Crippen LogP) is 5.20. The van der Waals surface area contributed by atoms with Crippen LogP contribution in [0.15, 0.2) is 91.0 Å². The van der Waals surface area contributed by atoms with Gasteiger partial charge in [0.15, 0.2) is 5.78 Å². The molecule has 1 heterocycles. The Bertz CT molecular complexity index is 1100. The monoisotopic (exact) mass is 485 g/mol. The molecule has 1 unspecified atom stereocenters. The lowest BCUT2D eigenvalue weighted by Crippen LogP contribution is -2.51. The summed E-state index contributed by atoms with van der Waals surface area (Å²) in [7, 11) is 0. The fourth-order valence-electron chi connectivity index (χ4n) is 4.82. The predicted molar refractivity (Wildman–Crippen MR) is 141 cm³/mol. The van der Waals surface area contributed by atoms with Crippen LogP contribution in [0.2, 0.25) is 0 Å². The van der Waals surface area contributed by atoms with Crippen molar-refractivity contribution in [2.45, 2.75) is 44.3 Å². The van der Waals surface area contributed by atoms with Gasteiger partial charge in [-0.2, -0.15) is 0 Å². The zero-order chi connectivity index (χ0) is 25.2. The Hall–Kier alpha value is -3.28. The van der Waals surface area contributed by atoms with E-state index in [0.29, 0.717) is 12.5 Å². The van der Waals surface area contributed by atoms with Crippen molar-refractivity contribution in [2.24, 2.45) is 0 Å². The normalized spacial score (nSPS) is 16.2. The second-order valence-corrected chi connectivity index (χ2v) is 9.48. The molecular formula is C31H35NO4. The number of rotatable bonds is 11. The molecule has 0 aliphatic carbocycles. The zero-order valence-corrected chi connectivity index (χ0v) is 21.0. The smallest absolute Gasteiger partial charge is 0.346 e. The molecule has 188 valence electrons. The van der Waals surface area contributed by atoms with E-state index in [2.05, 4.69) is 35.2 Å². The second kappa shape index (κ2) is 12.6. The Morgan fingerprint density at radius 1 is 0.833 bits per heavy atom. The van der Waals surface area contributed by atoms with Crippen molar-refractivity contribution in [2.75, 3.05) is 26.2 Å². The average Bonchev–Trinajstić information content (AvgIpc) is 2.93. The molecule has 36 heavy (non-hydrogen) atoms. The van der Waals surface area contributed by atoms with Gasteiger partial charge in [0, 0.05) is 13.0 Å². The number of likely N-dealkylation sites (tertiary alicyclic amines) is 1. The average molecular weight is 486 g/mol. The molecule has 4 rings (SSSR count). The Balaban J connectivity index is 1.37. The fourth-order valence-corrected chi connectivity index (χ4v) is 4.82. The molecule has 0 N–H and O–H groups in total. The van der Waals surface area contributed by atoms with E-state index < -0.39 is 11.6 Å². The maximum absolute atomic E-state index is 13.4.